The van der Waals surface area contributed by atoms with E-state index in [1.54, 1.807) is 38.3 Å². The highest BCUT2D eigenvalue weighted by atomic mass is 35.5. The Hall–Kier alpha value is -3.06. The molecular formula is C21H22ClN3O4. The standard InChI is InChI=1S/C21H22ClN3O4/c1-21(16-5-3-4-6-17(16)22)19(27)25(20(28)24-21)13-18(26)23-12-11-14-7-9-15(29-2)10-8-14/h3-10H,11-13H2,1-2H3,(H,23,26)(H,24,28). The van der Waals surface area contributed by atoms with Crippen LogP contribution in [-0.4, -0.2) is 42.9 Å². The van der Waals surface area contributed by atoms with Crippen LogP contribution in [0.25, 0.3) is 0 Å². The SMILES string of the molecule is COc1ccc(CCNC(=O)CN2C(=O)NC(C)(c3ccccc3Cl)C2=O)cc1. The molecular weight excluding hydrogens is 394 g/mol. The zero-order chi connectivity index (χ0) is 21.0. The second-order valence-electron chi connectivity index (χ2n) is 6.87. The molecule has 2 N–H and O–H groups in total. The van der Waals surface area contributed by atoms with E-state index in [1.807, 2.05) is 24.3 Å². The fourth-order valence-corrected chi connectivity index (χ4v) is 3.55. The Kier molecular flexibility index (Phi) is 6.08. The Labute approximate surface area is 174 Å². The van der Waals surface area contributed by atoms with Crippen LogP contribution in [0.4, 0.5) is 4.79 Å². The molecule has 1 unspecified atom stereocenters. The van der Waals surface area contributed by atoms with Crippen LogP contribution >= 0.6 is 11.6 Å². The van der Waals surface area contributed by atoms with E-state index in [4.69, 9.17) is 16.3 Å². The van der Waals surface area contributed by atoms with Gasteiger partial charge in [0, 0.05) is 17.1 Å². The van der Waals surface area contributed by atoms with Gasteiger partial charge in [-0.1, -0.05) is 41.9 Å². The molecule has 0 radical (unpaired) electrons. The van der Waals surface area contributed by atoms with Crippen LogP contribution in [0.3, 0.4) is 0 Å². The lowest BCUT2D eigenvalue weighted by atomic mass is 9.92. The van der Waals surface area contributed by atoms with Gasteiger partial charge in [-0.05, 0) is 37.1 Å². The zero-order valence-corrected chi connectivity index (χ0v) is 17.0. The van der Waals surface area contributed by atoms with Gasteiger partial charge in [0.1, 0.15) is 17.8 Å². The minimum atomic E-state index is -1.31. The van der Waals surface area contributed by atoms with Crippen molar-refractivity contribution in [2.24, 2.45) is 0 Å². The van der Waals surface area contributed by atoms with E-state index in [1.165, 1.54) is 0 Å². The lowest BCUT2D eigenvalue weighted by Crippen LogP contribution is -2.43. The predicted molar refractivity (Wildman–Crippen MR) is 109 cm³/mol. The van der Waals surface area contributed by atoms with Gasteiger partial charge in [-0.25, -0.2) is 4.79 Å². The summed E-state index contributed by atoms with van der Waals surface area (Å²) in [6.45, 7) is 1.61. The fraction of sp³-hybridized carbons (Fsp3) is 0.286. The molecule has 0 spiro atoms. The van der Waals surface area contributed by atoms with E-state index in [9.17, 15) is 14.4 Å². The number of rotatable bonds is 7. The highest BCUT2D eigenvalue weighted by Gasteiger charge is 2.50. The minimum absolute atomic E-state index is 0.354. The first-order valence-electron chi connectivity index (χ1n) is 9.14. The molecule has 4 amide bonds. The Morgan fingerprint density at radius 2 is 1.86 bits per heavy atom. The Bertz CT molecular complexity index is 932. The van der Waals surface area contributed by atoms with Crippen molar-refractivity contribution < 1.29 is 19.1 Å². The molecule has 8 heteroatoms. The molecule has 0 aliphatic carbocycles. The quantitative estimate of drug-likeness (QED) is 0.680. The molecule has 29 heavy (non-hydrogen) atoms. The molecule has 1 aliphatic rings. The number of amides is 4. The van der Waals surface area contributed by atoms with Crippen LogP contribution in [0.5, 0.6) is 5.75 Å². The maximum atomic E-state index is 12.9. The van der Waals surface area contributed by atoms with Gasteiger partial charge in [-0.2, -0.15) is 0 Å². The third-order valence-electron chi connectivity index (χ3n) is 4.88. The average molecular weight is 416 g/mol. The first-order valence-corrected chi connectivity index (χ1v) is 9.51. The third-order valence-corrected chi connectivity index (χ3v) is 5.21. The molecule has 7 nitrogen and oxygen atoms in total. The average Bonchev–Trinajstić information content (AvgIpc) is 2.92. The summed E-state index contributed by atoms with van der Waals surface area (Å²) in [6.07, 6.45) is 0.618. The second kappa shape index (κ2) is 8.53. The van der Waals surface area contributed by atoms with Crippen LogP contribution in [0, 0.1) is 0 Å². The summed E-state index contributed by atoms with van der Waals surface area (Å²) in [5.74, 6) is -0.163. The molecule has 3 rings (SSSR count). The summed E-state index contributed by atoms with van der Waals surface area (Å²) in [5.41, 5.74) is 0.216. The van der Waals surface area contributed by atoms with Crippen molar-refractivity contribution >= 4 is 29.4 Å². The number of ether oxygens (including phenoxy) is 1. The van der Waals surface area contributed by atoms with E-state index >= 15 is 0 Å². The van der Waals surface area contributed by atoms with Crippen LogP contribution in [0.15, 0.2) is 48.5 Å². The molecule has 1 aliphatic heterocycles. The lowest BCUT2D eigenvalue weighted by Gasteiger charge is -2.23. The number of benzene rings is 2. The summed E-state index contributed by atoms with van der Waals surface area (Å²) in [4.78, 5) is 38.4. The van der Waals surface area contributed by atoms with Crippen molar-refractivity contribution in [3.63, 3.8) is 0 Å². The molecule has 1 saturated heterocycles. The summed E-state index contributed by atoms with van der Waals surface area (Å²) >= 11 is 6.20. The number of carbonyl (C=O) groups is 3. The number of urea groups is 1. The first kappa shape index (κ1) is 20.7. The minimum Gasteiger partial charge on any atom is -0.497 e. The van der Waals surface area contributed by atoms with Gasteiger partial charge in [0.2, 0.25) is 5.91 Å². The maximum absolute atomic E-state index is 12.9. The molecule has 1 heterocycles. The van der Waals surface area contributed by atoms with Gasteiger partial charge in [0.15, 0.2) is 0 Å². The van der Waals surface area contributed by atoms with Gasteiger partial charge in [-0.15, -0.1) is 0 Å². The van der Waals surface area contributed by atoms with Gasteiger partial charge >= 0.3 is 6.03 Å². The molecule has 0 aromatic heterocycles. The van der Waals surface area contributed by atoms with Crippen LogP contribution in [0.2, 0.25) is 5.02 Å². The number of carbonyl (C=O) groups excluding carboxylic acids is 3. The number of nitrogens with one attached hydrogen (secondary N) is 2. The van der Waals surface area contributed by atoms with Gasteiger partial charge in [-0.3, -0.25) is 14.5 Å². The van der Waals surface area contributed by atoms with E-state index in [0.29, 0.717) is 23.6 Å². The van der Waals surface area contributed by atoms with E-state index in [2.05, 4.69) is 10.6 Å². The monoisotopic (exact) mass is 415 g/mol. The summed E-state index contributed by atoms with van der Waals surface area (Å²) in [6, 6.07) is 13.7. The summed E-state index contributed by atoms with van der Waals surface area (Å²) in [5, 5.41) is 5.75. The summed E-state index contributed by atoms with van der Waals surface area (Å²) < 4.78 is 5.11. The topological polar surface area (TPSA) is 87.7 Å². The van der Waals surface area contributed by atoms with Crippen LogP contribution in [-0.2, 0) is 21.5 Å². The number of hydrogen-bond donors (Lipinski definition) is 2. The van der Waals surface area contributed by atoms with Crippen molar-refractivity contribution in [3.05, 3.63) is 64.7 Å². The predicted octanol–water partition coefficient (Wildman–Crippen LogP) is 2.47. The smallest absolute Gasteiger partial charge is 0.325 e. The van der Waals surface area contributed by atoms with Crippen molar-refractivity contribution in [2.75, 3.05) is 20.2 Å². The third kappa shape index (κ3) is 4.35. The molecule has 0 bridgehead atoms. The van der Waals surface area contributed by atoms with Gasteiger partial charge < -0.3 is 15.4 Å². The molecule has 152 valence electrons. The molecule has 1 atom stereocenters. The largest absolute Gasteiger partial charge is 0.497 e. The fourth-order valence-electron chi connectivity index (χ4n) is 3.23. The van der Waals surface area contributed by atoms with Crippen molar-refractivity contribution in [1.29, 1.82) is 0 Å². The van der Waals surface area contributed by atoms with E-state index in [-0.39, 0.29) is 6.54 Å². The molecule has 1 fully saturated rings. The maximum Gasteiger partial charge on any atom is 0.325 e. The number of hydrogen-bond acceptors (Lipinski definition) is 4. The van der Waals surface area contributed by atoms with Crippen molar-refractivity contribution in [2.45, 2.75) is 18.9 Å². The number of halogens is 1. The highest BCUT2D eigenvalue weighted by molar-refractivity contribution is 6.32. The second-order valence-corrected chi connectivity index (χ2v) is 7.28. The van der Waals surface area contributed by atoms with E-state index < -0.39 is 23.4 Å². The summed E-state index contributed by atoms with van der Waals surface area (Å²) in [7, 11) is 1.60. The Morgan fingerprint density at radius 3 is 2.52 bits per heavy atom. The number of imide groups is 1. The molecule has 2 aromatic carbocycles. The van der Waals surface area contributed by atoms with Crippen molar-refractivity contribution in [1.82, 2.24) is 15.5 Å². The lowest BCUT2D eigenvalue weighted by molar-refractivity contribution is -0.134. The van der Waals surface area contributed by atoms with Crippen LogP contribution in [0.1, 0.15) is 18.1 Å². The number of nitrogens with zero attached hydrogens (tertiary/aromatic N) is 1. The van der Waals surface area contributed by atoms with Gasteiger partial charge in [0.25, 0.3) is 5.91 Å². The van der Waals surface area contributed by atoms with Gasteiger partial charge in [0.05, 0.1) is 7.11 Å². The van der Waals surface area contributed by atoms with Crippen LogP contribution < -0.4 is 15.4 Å². The Morgan fingerprint density at radius 1 is 1.17 bits per heavy atom. The molecule has 0 saturated carbocycles. The first-order chi connectivity index (χ1) is 13.8. The normalized spacial score (nSPS) is 18.5. The molecule has 2 aromatic rings. The Balaban J connectivity index is 1.58. The zero-order valence-electron chi connectivity index (χ0n) is 16.2. The number of methoxy groups -OCH3 is 1. The van der Waals surface area contributed by atoms with E-state index in [0.717, 1.165) is 16.2 Å². The van der Waals surface area contributed by atoms with Crippen molar-refractivity contribution in [3.8, 4) is 5.75 Å². The highest BCUT2D eigenvalue weighted by Crippen LogP contribution is 2.33.